The smallest absolute Gasteiger partial charge is 0.333 e. The van der Waals surface area contributed by atoms with Gasteiger partial charge >= 0.3 is 10.3 Å². The van der Waals surface area contributed by atoms with Crippen molar-refractivity contribution in [1.82, 2.24) is 19.7 Å². The lowest BCUT2D eigenvalue weighted by Crippen LogP contribution is -2.27. The van der Waals surface area contributed by atoms with Crippen LogP contribution in [0, 0.1) is 12.8 Å². The molecule has 0 saturated heterocycles. The number of hydrogen-bond donors (Lipinski definition) is 2. The summed E-state index contributed by atoms with van der Waals surface area (Å²) in [6.45, 7) is 2.03. The molecule has 3 heterocycles. The summed E-state index contributed by atoms with van der Waals surface area (Å²) in [4.78, 5) is 21.2. The van der Waals surface area contributed by atoms with Crippen LogP contribution in [-0.2, 0) is 21.0 Å². The first-order chi connectivity index (χ1) is 15.7. The maximum atomic E-state index is 14.6. The zero-order chi connectivity index (χ0) is 23.6. The van der Waals surface area contributed by atoms with Gasteiger partial charge in [-0.2, -0.15) is 8.42 Å². The fourth-order valence-electron chi connectivity index (χ4n) is 3.85. The number of nitrogens with zero attached hydrogens (tertiary/aromatic N) is 4. The Kier molecular flexibility index (Phi) is 6.54. The van der Waals surface area contributed by atoms with Crippen molar-refractivity contribution in [3.05, 3.63) is 59.6 Å². The van der Waals surface area contributed by atoms with Crippen LogP contribution in [0.25, 0.3) is 0 Å². The molecule has 3 atom stereocenters. The third-order valence-corrected chi connectivity index (χ3v) is 5.82. The van der Waals surface area contributed by atoms with E-state index >= 15 is 0 Å². The van der Waals surface area contributed by atoms with Gasteiger partial charge in [-0.1, -0.05) is 5.16 Å². The van der Waals surface area contributed by atoms with Crippen molar-refractivity contribution in [3.8, 4) is 0 Å². The van der Waals surface area contributed by atoms with Gasteiger partial charge in [-0.3, -0.25) is 8.98 Å². The average molecular weight is 479 g/mol. The Morgan fingerprint density at radius 1 is 1.42 bits per heavy atom. The van der Waals surface area contributed by atoms with E-state index in [4.69, 9.17) is 9.66 Å². The lowest BCUT2D eigenvalue weighted by atomic mass is 10.1. The summed E-state index contributed by atoms with van der Waals surface area (Å²) in [5.41, 5.74) is 1.37. The largest absolute Gasteiger partial charge is 0.364 e. The number of ketones is 1. The number of nitrogens with one attached hydrogen (secondary N) is 1. The van der Waals surface area contributed by atoms with Gasteiger partial charge in [-0.25, -0.2) is 19.5 Å². The Morgan fingerprint density at radius 3 is 2.97 bits per heavy atom. The monoisotopic (exact) mass is 478 g/mol. The Balaban J connectivity index is 1.45. The molecule has 0 bridgehead atoms. The van der Waals surface area contributed by atoms with E-state index in [0.717, 1.165) is 5.69 Å². The van der Waals surface area contributed by atoms with Crippen molar-refractivity contribution in [1.29, 1.82) is 0 Å². The molecule has 3 aromatic heterocycles. The average Bonchev–Trinajstić information content (AvgIpc) is 3.47. The number of alkyl halides is 1. The highest BCUT2D eigenvalue weighted by Gasteiger charge is 2.36. The van der Waals surface area contributed by atoms with E-state index in [2.05, 4.69) is 24.6 Å². The van der Waals surface area contributed by atoms with Gasteiger partial charge in [0.1, 0.15) is 18.3 Å². The summed E-state index contributed by atoms with van der Waals surface area (Å²) in [7, 11) is -4.09. The number of carbonyl (C=O) groups excluding carboxylic acids is 1. The van der Waals surface area contributed by atoms with Crippen molar-refractivity contribution >= 4 is 21.9 Å². The Bertz CT molecular complexity index is 1240. The van der Waals surface area contributed by atoms with Crippen LogP contribution in [0.5, 0.6) is 0 Å². The summed E-state index contributed by atoms with van der Waals surface area (Å²) < 4.78 is 48.1. The van der Waals surface area contributed by atoms with Crippen LogP contribution >= 0.6 is 0 Å². The van der Waals surface area contributed by atoms with Gasteiger partial charge in [-0.15, -0.1) is 0 Å². The first-order valence-corrected chi connectivity index (χ1v) is 11.7. The molecule has 1 fully saturated rings. The van der Waals surface area contributed by atoms with Gasteiger partial charge in [-0.05, 0) is 31.7 Å². The molecule has 3 aromatic rings. The van der Waals surface area contributed by atoms with Gasteiger partial charge in [0.2, 0.25) is 0 Å². The minimum atomic E-state index is -4.09. The topological polar surface area (TPSA) is 155 Å². The van der Waals surface area contributed by atoms with Gasteiger partial charge in [0, 0.05) is 30.2 Å². The van der Waals surface area contributed by atoms with E-state index in [1.165, 1.54) is 12.5 Å². The van der Waals surface area contributed by atoms with E-state index in [9.17, 15) is 17.6 Å². The quantitative estimate of drug-likeness (QED) is 0.436. The third-order valence-electron chi connectivity index (χ3n) is 5.36. The van der Waals surface area contributed by atoms with Gasteiger partial charge < -0.3 is 14.4 Å². The molecular weight excluding hydrogens is 455 g/mol. The zero-order valence-electron chi connectivity index (χ0n) is 17.7. The van der Waals surface area contributed by atoms with Crippen LogP contribution in [0.15, 0.2) is 41.6 Å². The lowest BCUT2D eigenvalue weighted by Gasteiger charge is -2.17. The number of aromatic nitrogens is 4. The van der Waals surface area contributed by atoms with E-state index in [-0.39, 0.29) is 36.1 Å². The fraction of sp³-hybridized carbons (Fsp3) is 0.400. The van der Waals surface area contributed by atoms with Gasteiger partial charge in [0.05, 0.1) is 30.5 Å². The van der Waals surface area contributed by atoms with Crippen LogP contribution in [0.2, 0.25) is 0 Å². The minimum absolute atomic E-state index is 0.103. The van der Waals surface area contributed by atoms with Crippen LogP contribution < -0.4 is 10.5 Å². The number of halogens is 1. The van der Waals surface area contributed by atoms with E-state index in [1.54, 1.807) is 23.0 Å². The third kappa shape index (κ3) is 5.80. The maximum Gasteiger partial charge on any atom is 0.333 e. The summed E-state index contributed by atoms with van der Waals surface area (Å²) in [5.74, 6) is 0.191. The molecule has 0 spiro atoms. The van der Waals surface area contributed by atoms with Crippen molar-refractivity contribution in [2.24, 2.45) is 11.1 Å². The number of carbonyl (C=O) groups is 1. The minimum Gasteiger partial charge on any atom is -0.364 e. The summed E-state index contributed by atoms with van der Waals surface area (Å²) in [5, 5.41) is 11.7. The normalized spacial score (nSPS) is 20.8. The molecule has 3 N–H and O–H groups in total. The Morgan fingerprint density at radius 2 is 2.24 bits per heavy atom. The molecule has 13 heteroatoms. The highest BCUT2D eigenvalue weighted by Crippen LogP contribution is 2.32. The summed E-state index contributed by atoms with van der Waals surface area (Å²) in [6, 6.07) is 2.81. The fourth-order valence-corrected chi connectivity index (χ4v) is 4.23. The molecule has 33 heavy (non-hydrogen) atoms. The number of hydrogen-bond acceptors (Lipinski definition) is 9. The molecule has 0 aromatic carbocycles. The molecule has 176 valence electrons. The van der Waals surface area contributed by atoms with Crippen LogP contribution in [0.4, 0.5) is 10.2 Å². The molecule has 3 unspecified atom stereocenters. The molecular formula is C20H23FN6O5S. The number of rotatable bonds is 9. The number of anilines is 1. The zero-order valence-corrected chi connectivity index (χ0v) is 18.5. The summed E-state index contributed by atoms with van der Waals surface area (Å²) in [6.07, 6.45) is 5.17. The van der Waals surface area contributed by atoms with Crippen LogP contribution in [0.3, 0.4) is 0 Å². The van der Waals surface area contributed by atoms with Crippen LogP contribution in [-0.4, -0.2) is 52.7 Å². The van der Waals surface area contributed by atoms with Crippen molar-refractivity contribution in [2.75, 3.05) is 11.9 Å². The highest BCUT2D eigenvalue weighted by atomic mass is 32.2. The highest BCUT2D eigenvalue weighted by molar-refractivity contribution is 7.84. The van der Waals surface area contributed by atoms with Gasteiger partial charge in [0.15, 0.2) is 11.5 Å². The molecule has 0 amide bonds. The number of aryl methyl sites for hydroxylation is 1. The van der Waals surface area contributed by atoms with Crippen molar-refractivity contribution in [2.45, 2.75) is 38.5 Å². The van der Waals surface area contributed by atoms with Crippen LogP contribution in [0.1, 0.15) is 40.2 Å². The van der Waals surface area contributed by atoms with Crippen molar-refractivity contribution < 1.29 is 26.3 Å². The first kappa shape index (κ1) is 23.0. The molecule has 1 aliphatic carbocycles. The van der Waals surface area contributed by atoms with E-state index < -0.39 is 22.5 Å². The first-order valence-electron chi connectivity index (χ1n) is 10.2. The summed E-state index contributed by atoms with van der Waals surface area (Å²) >= 11 is 0. The molecule has 4 rings (SSSR count). The van der Waals surface area contributed by atoms with E-state index in [1.807, 2.05) is 13.0 Å². The second-order valence-electron chi connectivity index (χ2n) is 8.00. The second kappa shape index (κ2) is 9.37. The molecule has 0 radical (unpaired) electrons. The number of nitrogens with two attached hydrogens (primary N) is 1. The molecule has 1 saturated carbocycles. The molecule has 0 aliphatic heterocycles. The molecule has 1 aliphatic rings. The molecule has 11 nitrogen and oxygen atoms in total. The predicted molar refractivity (Wildman–Crippen MR) is 114 cm³/mol. The maximum absolute atomic E-state index is 14.6. The predicted octanol–water partition coefficient (Wildman–Crippen LogP) is 1.60. The van der Waals surface area contributed by atoms with Gasteiger partial charge in [0.25, 0.3) is 0 Å². The standard InChI is InChI=1S/C20H23FN6O5S/c1-12-4-15(32-26-12)9-27-3-2-14(8-27)19(28)16-7-23-11-24-20(16)25-18-6-13(5-17(18)21)10-31-33(22,29)30/h2-4,7-8,11,13,17-18H,5-6,9-10H2,1H3,(H2,22,29,30)(H,23,24,25). The van der Waals surface area contributed by atoms with E-state index in [0.29, 0.717) is 24.3 Å². The Labute approximate surface area is 189 Å². The second-order valence-corrected chi connectivity index (χ2v) is 9.22. The van der Waals surface area contributed by atoms with Crippen molar-refractivity contribution in [3.63, 3.8) is 0 Å². The SMILES string of the molecule is Cc1cc(Cn2ccc(C(=O)c3cncnc3NC3CC(COS(N)(=O)=O)CC3F)c2)on1. The lowest BCUT2D eigenvalue weighted by molar-refractivity contribution is 0.103. The Hall–Kier alpha value is -3.16.